The number of carboxylic acid groups (broad SMARTS) is 1. The van der Waals surface area contributed by atoms with E-state index in [9.17, 15) is 4.79 Å². The van der Waals surface area contributed by atoms with Crippen LogP contribution in [-0.2, 0) is 6.54 Å². The molecule has 1 saturated carbocycles. The number of hydrogen-bond donors (Lipinski definition) is 2. The highest BCUT2D eigenvalue weighted by atomic mass is 16.4. The van der Waals surface area contributed by atoms with Gasteiger partial charge in [0.15, 0.2) is 0 Å². The smallest absolute Gasteiger partial charge is 0.335 e. The molecule has 1 atom stereocenters. The van der Waals surface area contributed by atoms with Gasteiger partial charge in [-0.15, -0.1) is 0 Å². The Hall–Kier alpha value is -1.35. The monoisotopic (exact) mass is 219 g/mol. The molecule has 2 rings (SSSR count). The Balaban J connectivity index is 1.88. The molecule has 1 fully saturated rings. The predicted octanol–water partition coefficient (Wildman–Crippen LogP) is 2.27. The lowest BCUT2D eigenvalue weighted by molar-refractivity contribution is 0.0697. The fourth-order valence-electron chi connectivity index (χ4n) is 1.82. The van der Waals surface area contributed by atoms with Crippen LogP contribution in [0.3, 0.4) is 0 Å². The fraction of sp³-hybridized carbons (Fsp3) is 0.462. The van der Waals surface area contributed by atoms with E-state index in [0.717, 1.165) is 12.1 Å². The van der Waals surface area contributed by atoms with Crippen LogP contribution in [0.1, 0.15) is 36.2 Å². The van der Waals surface area contributed by atoms with Gasteiger partial charge in [-0.05, 0) is 29.5 Å². The third-order valence-corrected chi connectivity index (χ3v) is 3.27. The topological polar surface area (TPSA) is 49.3 Å². The zero-order valence-electron chi connectivity index (χ0n) is 9.66. The van der Waals surface area contributed by atoms with Gasteiger partial charge in [0.2, 0.25) is 0 Å². The first-order valence-electron chi connectivity index (χ1n) is 5.55. The highest BCUT2D eigenvalue weighted by Gasteiger charge is 2.44. The molecule has 0 radical (unpaired) electrons. The van der Waals surface area contributed by atoms with Crippen LogP contribution in [0.25, 0.3) is 0 Å². The minimum absolute atomic E-state index is 0.343. The molecule has 1 aromatic carbocycles. The Labute approximate surface area is 95.5 Å². The Bertz CT molecular complexity index is 395. The summed E-state index contributed by atoms with van der Waals surface area (Å²) in [5.41, 5.74) is 1.91. The first kappa shape index (κ1) is 11.1. The van der Waals surface area contributed by atoms with E-state index in [1.54, 1.807) is 12.1 Å². The van der Waals surface area contributed by atoms with Crippen LogP contribution in [-0.4, -0.2) is 17.1 Å². The summed E-state index contributed by atoms with van der Waals surface area (Å²) in [5.74, 6) is -0.872. The average molecular weight is 219 g/mol. The second-order valence-electron chi connectivity index (χ2n) is 5.13. The Morgan fingerprint density at radius 1 is 1.44 bits per heavy atom. The summed E-state index contributed by atoms with van der Waals surface area (Å²) in [7, 11) is 0. The van der Waals surface area contributed by atoms with Crippen LogP contribution in [0, 0.1) is 5.41 Å². The Kier molecular flexibility index (Phi) is 2.72. The highest BCUT2D eigenvalue weighted by Crippen LogP contribution is 2.44. The molecule has 1 aromatic rings. The van der Waals surface area contributed by atoms with E-state index in [4.69, 9.17) is 5.11 Å². The van der Waals surface area contributed by atoms with Crippen molar-refractivity contribution in [3.8, 4) is 0 Å². The summed E-state index contributed by atoms with van der Waals surface area (Å²) in [4.78, 5) is 10.7. The molecule has 1 aliphatic carbocycles. The van der Waals surface area contributed by atoms with Gasteiger partial charge < -0.3 is 10.4 Å². The predicted molar refractivity (Wildman–Crippen MR) is 62.4 cm³/mol. The van der Waals surface area contributed by atoms with Crippen LogP contribution in [0.5, 0.6) is 0 Å². The second-order valence-corrected chi connectivity index (χ2v) is 5.13. The quantitative estimate of drug-likeness (QED) is 0.816. The molecular weight excluding hydrogens is 202 g/mol. The molecule has 1 aliphatic rings. The maximum Gasteiger partial charge on any atom is 0.335 e. The van der Waals surface area contributed by atoms with Crippen molar-refractivity contribution in [1.82, 2.24) is 5.32 Å². The fourth-order valence-corrected chi connectivity index (χ4v) is 1.82. The number of benzene rings is 1. The van der Waals surface area contributed by atoms with Gasteiger partial charge in [-0.25, -0.2) is 4.79 Å². The molecule has 0 amide bonds. The van der Waals surface area contributed by atoms with Crippen LogP contribution in [0.15, 0.2) is 24.3 Å². The molecule has 0 heterocycles. The number of aromatic carboxylic acids is 1. The number of carbonyl (C=O) groups is 1. The van der Waals surface area contributed by atoms with Crippen molar-refractivity contribution in [2.45, 2.75) is 32.9 Å². The van der Waals surface area contributed by atoms with Crippen molar-refractivity contribution in [3.63, 3.8) is 0 Å². The molecule has 3 nitrogen and oxygen atoms in total. The van der Waals surface area contributed by atoms with Gasteiger partial charge in [0.1, 0.15) is 0 Å². The summed E-state index contributed by atoms with van der Waals surface area (Å²) in [5, 5.41) is 12.2. The van der Waals surface area contributed by atoms with E-state index in [0.29, 0.717) is 17.0 Å². The van der Waals surface area contributed by atoms with Crippen molar-refractivity contribution in [1.29, 1.82) is 0 Å². The molecule has 86 valence electrons. The third-order valence-electron chi connectivity index (χ3n) is 3.27. The highest BCUT2D eigenvalue weighted by molar-refractivity contribution is 5.87. The van der Waals surface area contributed by atoms with E-state index < -0.39 is 5.97 Å². The van der Waals surface area contributed by atoms with Crippen molar-refractivity contribution < 1.29 is 9.90 Å². The van der Waals surface area contributed by atoms with Gasteiger partial charge in [0.05, 0.1) is 5.56 Å². The van der Waals surface area contributed by atoms with Crippen LogP contribution in [0.4, 0.5) is 0 Å². The molecule has 3 heteroatoms. The molecule has 16 heavy (non-hydrogen) atoms. The van der Waals surface area contributed by atoms with Gasteiger partial charge in [-0.3, -0.25) is 0 Å². The number of hydrogen-bond acceptors (Lipinski definition) is 2. The van der Waals surface area contributed by atoms with E-state index >= 15 is 0 Å². The second kappa shape index (κ2) is 3.91. The SMILES string of the molecule is CC1(C)CC1NCc1ccc(C(=O)O)cc1. The van der Waals surface area contributed by atoms with Gasteiger partial charge in [0.25, 0.3) is 0 Å². The van der Waals surface area contributed by atoms with Crippen molar-refractivity contribution >= 4 is 5.97 Å². The van der Waals surface area contributed by atoms with Gasteiger partial charge in [0, 0.05) is 12.6 Å². The lowest BCUT2D eigenvalue weighted by atomic mass is 10.1. The normalized spacial score (nSPS) is 21.8. The summed E-state index contributed by atoms with van der Waals surface area (Å²) >= 11 is 0. The van der Waals surface area contributed by atoms with Gasteiger partial charge >= 0.3 is 5.97 Å². The van der Waals surface area contributed by atoms with Crippen molar-refractivity contribution in [2.75, 3.05) is 0 Å². The zero-order valence-corrected chi connectivity index (χ0v) is 9.66. The molecule has 0 aromatic heterocycles. The van der Waals surface area contributed by atoms with E-state index in [2.05, 4.69) is 19.2 Å². The molecule has 2 N–H and O–H groups in total. The zero-order chi connectivity index (χ0) is 11.8. The summed E-state index contributed by atoms with van der Waals surface area (Å²) in [6.45, 7) is 5.31. The first-order chi connectivity index (χ1) is 7.49. The number of carboxylic acids is 1. The van der Waals surface area contributed by atoms with Crippen LogP contribution >= 0.6 is 0 Å². The minimum Gasteiger partial charge on any atom is -0.478 e. The molecule has 0 aliphatic heterocycles. The number of rotatable bonds is 4. The van der Waals surface area contributed by atoms with E-state index in [1.165, 1.54) is 6.42 Å². The summed E-state index contributed by atoms with van der Waals surface area (Å²) in [6.07, 6.45) is 1.22. The van der Waals surface area contributed by atoms with E-state index in [-0.39, 0.29) is 0 Å². The lowest BCUT2D eigenvalue weighted by Gasteiger charge is -2.06. The minimum atomic E-state index is -0.872. The Morgan fingerprint density at radius 2 is 2.00 bits per heavy atom. The summed E-state index contributed by atoms with van der Waals surface area (Å²) in [6, 6.07) is 7.64. The largest absolute Gasteiger partial charge is 0.478 e. The maximum atomic E-state index is 10.7. The summed E-state index contributed by atoms with van der Waals surface area (Å²) < 4.78 is 0. The molecule has 0 bridgehead atoms. The lowest BCUT2D eigenvalue weighted by Crippen LogP contribution is -2.19. The van der Waals surface area contributed by atoms with Crippen LogP contribution in [0.2, 0.25) is 0 Å². The van der Waals surface area contributed by atoms with Gasteiger partial charge in [-0.1, -0.05) is 26.0 Å². The Morgan fingerprint density at radius 3 is 2.44 bits per heavy atom. The van der Waals surface area contributed by atoms with E-state index in [1.807, 2.05) is 12.1 Å². The first-order valence-corrected chi connectivity index (χ1v) is 5.55. The molecule has 0 spiro atoms. The third kappa shape index (κ3) is 2.42. The maximum absolute atomic E-state index is 10.7. The molecular formula is C13H17NO2. The van der Waals surface area contributed by atoms with Crippen LogP contribution < -0.4 is 5.32 Å². The standard InChI is InChI=1S/C13H17NO2/c1-13(2)7-11(13)14-8-9-3-5-10(6-4-9)12(15)16/h3-6,11,14H,7-8H2,1-2H3,(H,15,16). The van der Waals surface area contributed by atoms with Crippen molar-refractivity contribution in [2.24, 2.45) is 5.41 Å². The average Bonchev–Trinajstić information content (AvgIpc) is 2.84. The number of nitrogens with one attached hydrogen (secondary N) is 1. The molecule has 1 unspecified atom stereocenters. The van der Waals surface area contributed by atoms with Crippen molar-refractivity contribution in [3.05, 3.63) is 35.4 Å². The molecule has 0 saturated heterocycles. The van der Waals surface area contributed by atoms with Gasteiger partial charge in [-0.2, -0.15) is 0 Å².